The number of rotatable bonds is 3. The monoisotopic (exact) mass is 257 g/mol. The molecule has 0 spiro atoms. The molecule has 1 heterocycles. The van der Waals surface area contributed by atoms with E-state index in [4.69, 9.17) is 0 Å². The molecule has 0 radical (unpaired) electrons. The fraction of sp³-hybridized carbons (Fsp3) is 0.556. The van der Waals surface area contributed by atoms with Crippen molar-refractivity contribution in [2.75, 3.05) is 11.4 Å². The summed E-state index contributed by atoms with van der Waals surface area (Å²) >= 11 is 3.27. The molecule has 4 nitrogen and oxygen atoms in total. The van der Waals surface area contributed by atoms with Crippen LogP contribution in [-0.2, 0) is 0 Å². The molecule has 76 valence electrons. The molecular formula is C9H12BrN3O. The number of halogens is 1. The Kier molecular flexibility index (Phi) is 2.58. The van der Waals surface area contributed by atoms with Crippen molar-refractivity contribution in [3.05, 3.63) is 21.2 Å². The van der Waals surface area contributed by atoms with E-state index in [0.29, 0.717) is 10.5 Å². The zero-order chi connectivity index (χ0) is 10.1. The van der Waals surface area contributed by atoms with Gasteiger partial charge < -0.3 is 9.88 Å². The smallest absolute Gasteiger partial charge is 0.267 e. The second-order valence-corrected chi connectivity index (χ2v) is 4.18. The zero-order valence-electron chi connectivity index (χ0n) is 7.96. The lowest BCUT2D eigenvalue weighted by Gasteiger charge is -2.21. The minimum absolute atomic E-state index is 0.117. The summed E-state index contributed by atoms with van der Waals surface area (Å²) in [5, 5.41) is 0. The third-order valence-electron chi connectivity index (χ3n) is 2.38. The van der Waals surface area contributed by atoms with Crippen molar-refractivity contribution in [2.45, 2.75) is 25.8 Å². The lowest BCUT2D eigenvalue weighted by molar-refractivity contribution is 0.799. The average molecular weight is 258 g/mol. The van der Waals surface area contributed by atoms with Crippen LogP contribution in [0.3, 0.4) is 0 Å². The van der Waals surface area contributed by atoms with E-state index in [1.807, 2.05) is 0 Å². The second-order valence-electron chi connectivity index (χ2n) is 3.39. The SMILES string of the molecule is CCN(c1nc[nH]c(=O)c1Br)C1CC1. The third-order valence-corrected chi connectivity index (χ3v) is 3.09. The summed E-state index contributed by atoms with van der Waals surface area (Å²) in [6, 6.07) is 0.575. The van der Waals surface area contributed by atoms with E-state index in [0.717, 1.165) is 12.4 Å². The Labute approximate surface area is 90.5 Å². The molecule has 1 N–H and O–H groups in total. The van der Waals surface area contributed by atoms with Crippen molar-refractivity contribution in [1.82, 2.24) is 9.97 Å². The number of hydrogen-bond donors (Lipinski definition) is 1. The maximum atomic E-state index is 11.3. The summed E-state index contributed by atoms with van der Waals surface area (Å²) in [5.41, 5.74) is -0.117. The van der Waals surface area contributed by atoms with Gasteiger partial charge in [0, 0.05) is 12.6 Å². The van der Waals surface area contributed by atoms with Gasteiger partial charge in [0.05, 0.1) is 6.33 Å². The minimum Gasteiger partial charge on any atom is -0.353 e. The molecule has 1 aromatic rings. The quantitative estimate of drug-likeness (QED) is 0.894. The largest absolute Gasteiger partial charge is 0.353 e. The molecular weight excluding hydrogens is 246 g/mol. The first kappa shape index (κ1) is 9.71. The van der Waals surface area contributed by atoms with Crippen LogP contribution in [0.1, 0.15) is 19.8 Å². The Balaban J connectivity index is 2.38. The van der Waals surface area contributed by atoms with Crippen molar-refractivity contribution in [2.24, 2.45) is 0 Å². The number of aromatic amines is 1. The molecule has 1 fully saturated rings. The Bertz CT molecular complexity index is 386. The van der Waals surface area contributed by atoms with Gasteiger partial charge in [-0.2, -0.15) is 0 Å². The van der Waals surface area contributed by atoms with Crippen LogP contribution in [0.5, 0.6) is 0 Å². The zero-order valence-corrected chi connectivity index (χ0v) is 9.54. The van der Waals surface area contributed by atoms with Crippen molar-refractivity contribution in [3.63, 3.8) is 0 Å². The summed E-state index contributed by atoms with van der Waals surface area (Å²) < 4.78 is 0.536. The molecule has 0 atom stereocenters. The first-order chi connectivity index (χ1) is 6.74. The Hall–Kier alpha value is -0.840. The van der Waals surface area contributed by atoms with Gasteiger partial charge in [-0.1, -0.05) is 0 Å². The average Bonchev–Trinajstić information content (AvgIpc) is 2.97. The summed E-state index contributed by atoms with van der Waals surface area (Å²) in [4.78, 5) is 20.2. The van der Waals surface area contributed by atoms with Crippen LogP contribution in [0, 0.1) is 0 Å². The number of nitrogens with one attached hydrogen (secondary N) is 1. The van der Waals surface area contributed by atoms with Gasteiger partial charge in [-0.15, -0.1) is 0 Å². The van der Waals surface area contributed by atoms with E-state index in [9.17, 15) is 4.79 Å². The first-order valence-corrected chi connectivity index (χ1v) is 5.53. The maximum absolute atomic E-state index is 11.3. The highest BCUT2D eigenvalue weighted by Gasteiger charge is 2.30. The molecule has 1 aliphatic carbocycles. The molecule has 5 heteroatoms. The summed E-state index contributed by atoms with van der Waals surface area (Å²) in [7, 11) is 0. The fourth-order valence-corrected chi connectivity index (χ4v) is 1.99. The van der Waals surface area contributed by atoms with Crippen molar-refractivity contribution in [1.29, 1.82) is 0 Å². The van der Waals surface area contributed by atoms with Crippen LogP contribution < -0.4 is 10.5 Å². The van der Waals surface area contributed by atoms with E-state index in [2.05, 4.69) is 37.7 Å². The highest BCUT2D eigenvalue weighted by Crippen LogP contribution is 2.32. The van der Waals surface area contributed by atoms with E-state index in [-0.39, 0.29) is 5.56 Å². The second kappa shape index (κ2) is 3.73. The first-order valence-electron chi connectivity index (χ1n) is 4.74. The molecule has 0 bridgehead atoms. The highest BCUT2D eigenvalue weighted by atomic mass is 79.9. The fourth-order valence-electron chi connectivity index (χ4n) is 1.54. The van der Waals surface area contributed by atoms with Crippen molar-refractivity contribution >= 4 is 21.7 Å². The van der Waals surface area contributed by atoms with E-state index in [1.165, 1.54) is 19.2 Å². The van der Waals surface area contributed by atoms with Crippen molar-refractivity contribution < 1.29 is 0 Å². The Morgan fingerprint density at radius 1 is 1.71 bits per heavy atom. The molecule has 1 saturated carbocycles. The standard InChI is InChI=1S/C9H12BrN3O/c1-2-13(6-3-4-6)8-7(10)9(14)12-5-11-8/h5-6H,2-4H2,1H3,(H,11,12,14). The Morgan fingerprint density at radius 2 is 2.43 bits per heavy atom. The van der Waals surface area contributed by atoms with Gasteiger partial charge in [-0.3, -0.25) is 4.79 Å². The van der Waals surface area contributed by atoms with Crippen molar-refractivity contribution in [3.8, 4) is 0 Å². The van der Waals surface area contributed by atoms with E-state index in [1.54, 1.807) is 0 Å². The highest BCUT2D eigenvalue weighted by molar-refractivity contribution is 9.10. The molecule has 2 rings (SSSR count). The number of H-pyrrole nitrogens is 1. The number of aromatic nitrogens is 2. The van der Waals surface area contributed by atoms with Gasteiger partial charge in [0.15, 0.2) is 5.82 Å². The van der Waals surface area contributed by atoms with Crippen LogP contribution in [-0.4, -0.2) is 22.6 Å². The lowest BCUT2D eigenvalue weighted by Crippen LogP contribution is -2.28. The van der Waals surface area contributed by atoms with Crippen LogP contribution in [0.4, 0.5) is 5.82 Å². The van der Waals surface area contributed by atoms with Gasteiger partial charge in [0.2, 0.25) is 0 Å². The number of nitrogens with zero attached hydrogens (tertiary/aromatic N) is 2. The minimum atomic E-state index is -0.117. The molecule has 0 aromatic carbocycles. The van der Waals surface area contributed by atoms with Gasteiger partial charge in [0.25, 0.3) is 5.56 Å². The van der Waals surface area contributed by atoms with Crippen LogP contribution in [0.15, 0.2) is 15.6 Å². The van der Waals surface area contributed by atoms with Gasteiger partial charge >= 0.3 is 0 Å². The van der Waals surface area contributed by atoms with E-state index < -0.39 is 0 Å². The van der Waals surface area contributed by atoms with Crippen LogP contribution in [0.25, 0.3) is 0 Å². The lowest BCUT2D eigenvalue weighted by atomic mass is 10.4. The molecule has 0 aliphatic heterocycles. The van der Waals surface area contributed by atoms with Gasteiger partial charge in [-0.05, 0) is 35.7 Å². The van der Waals surface area contributed by atoms with E-state index >= 15 is 0 Å². The normalized spacial score (nSPS) is 15.6. The predicted octanol–water partition coefficient (Wildman–Crippen LogP) is 1.52. The Morgan fingerprint density at radius 3 is 3.00 bits per heavy atom. The summed E-state index contributed by atoms with van der Waals surface area (Å²) in [6.45, 7) is 2.97. The molecule has 1 aliphatic rings. The molecule has 0 unspecified atom stereocenters. The van der Waals surface area contributed by atoms with Gasteiger partial charge in [0.1, 0.15) is 4.47 Å². The molecule has 14 heavy (non-hydrogen) atoms. The summed E-state index contributed by atoms with van der Waals surface area (Å²) in [6.07, 6.45) is 3.86. The number of hydrogen-bond acceptors (Lipinski definition) is 3. The third kappa shape index (κ3) is 1.68. The molecule has 0 saturated heterocycles. The number of anilines is 1. The maximum Gasteiger partial charge on any atom is 0.267 e. The molecule has 1 aromatic heterocycles. The van der Waals surface area contributed by atoms with Crippen LogP contribution >= 0.6 is 15.9 Å². The van der Waals surface area contributed by atoms with Crippen LogP contribution in [0.2, 0.25) is 0 Å². The predicted molar refractivity (Wildman–Crippen MR) is 58.6 cm³/mol. The summed E-state index contributed by atoms with van der Waals surface area (Å²) in [5.74, 6) is 0.763. The van der Waals surface area contributed by atoms with Gasteiger partial charge in [-0.25, -0.2) is 4.98 Å². The topological polar surface area (TPSA) is 49.0 Å². The molecule has 0 amide bonds.